The highest BCUT2D eigenvalue weighted by Crippen LogP contribution is 2.35. The monoisotopic (exact) mass is 542 g/mol. The van der Waals surface area contributed by atoms with Crippen LogP contribution in [0.2, 0.25) is 0 Å². The van der Waals surface area contributed by atoms with Gasteiger partial charge in [-0.2, -0.15) is 5.26 Å². The van der Waals surface area contributed by atoms with E-state index >= 15 is 0 Å². The summed E-state index contributed by atoms with van der Waals surface area (Å²) in [5, 5.41) is 26.1. The first-order valence-electron chi connectivity index (χ1n) is 10.8. The Hall–Kier alpha value is -4.12. The van der Waals surface area contributed by atoms with Crippen LogP contribution in [0.4, 0.5) is 10.7 Å². The number of hydrogen-bond donors (Lipinski definition) is 1. The van der Waals surface area contributed by atoms with Crippen LogP contribution in [0.25, 0.3) is 16.8 Å². The molecule has 0 aliphatic heterocycles. The van der Waals surface area contributed by atoms with Gasteiger partial charge in [0.1, 0.15) is 33.1 Å². The van der Waals surface area contributed by atoms with Crippen molar-refractivity contribution in [2.24, 2.45) is 0 Å². The molecule has 3 rings (SSSR count). The van der Waals surface area contributed by atoms with Gasteiger partial charge in [0, 0.05) is 36.4 Å². The molecule has 1 aromatic carbocycles. The van der Waals surface area contributed by atoms with Crippen molar-refractivity contribution >= 4 is 50.9 Å². The number of non-ortho nitro benzene ring substituents is 1. The van der Waals surface area contributed by atoms with Crippen LogP contribution in [0.15, 0.2) is 35.8 Å². The van der Waals surface area contributed by atoms with E-state index in [-0.39, 0.29) is 41.5 Å². The number of carbonyl (C=O) groups excluding carboxylic acids is 2. The molecule has 0 saturated heterocycles. The van der Waals surface area contributed by atoms with Crippen LogP contribution in [-0.2, 0) is 14.2 Å². The number of thiazole rings is 1. The van der Waals surface area contributed by atoms with E-state index in [2.05, 4.69) is 16.4 Å². The lowest BCUT2D eigenvalue weighted by Gasteiger charge is -2.05. The van der Waals surface area contributed by atoms with Crippen molar-refractivity contribution in [3.05, 3.63) is 67.0 Å². The van der Waals surface area contributed by atoms with Gasteiger partial charge in [-0.05, 0) is 19.4 Å². The molecule has 192 valence electrons. The molecule has 2 aromatic heterocycles. The smallest absolute Gasteiger partial charge is 0.348 e. The summed E-state index contributed by atoms with van der Waals surface area (Å²) in [5.41, 5.74) is 1.66. The zero-order chi connectivity index (χ0) is 26.9. The molecule has 0 fully saturated rings. The number of nitrogens with one attached hydrogen (secondary N) is 1. The molecule has 1 N–H and O–H groups in total. The largest absolute Gasteiger partial charge is 0.462 e. The van der Waals surface area contributed by atoms with Crippen molar-refractivity contribution < 1.29 is 28.7 Å². The van der Waals surface area contributed by atoms with Crippen molar-refractivity contribution in [1.82, 2.24) is 4.98 Å². The van der Waals surface area contributed by atoms with Crippen LogP contribution in [0.3, 0.4) is 0 Å². The number of nitro groups is 1. The molecular weight excluding hydrogens is 520 g/mol. The number of nitrogens with zero attached hydrogens (tertiary/aromatic N) is 3. The van der Waals surface area contributed by atoms with Gasteiger partial charge in [-0.3, -0.25) is 10.1 Å². The molecule has 0 aliphatic rings. The van der Waals surface area contributed by atoms with Gasteiger partial charge >= 0.3 is 11.9 Å². The summed E-state index contributed by atoms with van der Waals surface area (Å²) in [6, 6.07) is 8.09. The second kappa shape index (κ2) is 12.7. The Morgan fingerprint density at radius 3 is 2.73 bits per heavy atom. The summed E-state index contributed by atoms with van der Waals surface area (Å²) in [4.78, 5) is 40.4. The minimum atomic E-state index is -0.621. The predicted octanol–water partition coefficient (Wildman–Crippen LogP) is 5.04. The third kappa shape index (κ3) is 6.56. The first kappa shape index (κ1) is 27.5. The van der Waals surface area contributed by atoms with Crippen LogP contribution in [-0.4, -0.2) is 48.8 Å². The fourth-order valence-corrected chi connectivity index (χ4v) is 4.98. The molecule has 0 atom stereocenters. The van der Waals surface area contributed by atoms with E-state index in [4.69, 9.17) is 14.2 Å². The topological polar surface area (TPSA) is 154 Å². The predicted molar refractivity (Wildman–Crippen MR) is 139 cm³/mol. The fourth-order valence-electron chi connectivity index (χ4n) is 3.13. The van der Waals surface area contributed by atoms with Gasteiger partial charge in [-0.15, -0.1) is 22.7 Å². The van der Waals surface area contributed by atoms with Gasteiger partial charge in [-0.25, -0.2) is 14.6 Å². The molecule has 11 nitrogen and oxygen atoms in total. The minimum Gasteiger partial charge on any atom is -0.462 e. The van der Waals surface area contributed by atoms with Crippen molar-refractivity contribution in [3.8, 4) is 17.3 Å². The number of nitro benzene ring substituents is 1. The van der Waals surface area contributed by atoms with E-state index in [0.717, 1.165) is 11.3 Å². The molecule has 37 heavy (non-hydrogen) atoms. The van der Waals surface area contributed by atoms with Crippen LogP contribution in [0.1, 0.15) is 37.5 Å². The normalized spacial score (nSPS) is 11.0. The van der Waals surface area contributed by atoms with Crippen LogP contribution in [0.5, 0.6) is 0 Å². The van der Waals surface area contributed by atoms with E-state index in [0.29, 0.717) is 26.8 Å². The van der Waals surface area contributed by atoms with Crippen molar-refractivity contribution in [3.63, 3.8) is 0 Å². The molecule has 3 aromatic rings. The van der Waals surface area contributed by atoms with Crippen molar-refractivity contribution in [1.29, 1.82) is 5.26 Å². The number of thiophene rings is 1. The van der Waals surface area contributed by atoms with E-state index in [1.807, 2.05) is 0 Å². The molecule has 13 heteroatoms. The average Bonchev–Trinajstić information content (AvgIpc) is 3.50. The summed E-state index contributed by atoms with van der Waals surface area (Å²) in [6.07, 6.45) is 1.38. The molecule has 0 aliphatic carbocycles. The van der Waals surface area contributed by atoms with Gasteiger partial charge in [0.05, 0.1) is 29.4 Å². The zero-order valence-corrected chi connectivity index (χ0v) is 21.7. The molecule has 2 heterocycles. The second-order valence-electron chi connectivity index (χ2n) is 7.27. The highest BCUT2D eigenvalue weighted by atomic mass is 32.1. The second-order valence-corrected chi connectivity index (χ2v) is 9.15. The Kier molecular flexibility index (Phi) is 9.45. The maximum atomic E-state index is 12.6. The van der Waals surface area contributed by atoms with Gasteiger partial charge < -0.3 is 19.5 Å². The molecule has 0 saturated carbocycles. The Labute approximate surface area is 220 Å². The number of benzene rings is 1. The van der Waals surface area contributed by atoms with Gasteiger partial charge in [0.15, 0.2) is 0 Å². The Bertz CT molecular complexity index is 1390. The first-order chi connectivity index (χ1) is 17.8. The Morgan fingerprint density at radius 2 is 2.05 bits per heavy atom. The Morgan fingerprint density at radius 1 is 1.27 bits per heavy atom. The lowest BCUT2D eigenvalue weighted by molar-refractivity contribution is -0.384. The summed E-state index contributed by atoms with van der Waals surface area (Å²) in [6.45, 7) is 3.70. The number of esters is 2. The summed E-state index contributed by atoms with van der Waals surface area (Å²) in [5.74, 6) is -1.23. The number of anilines is 1. The quantitative estimate of drug-likeness (QED) is 0.114. The molecule has 0 bridgehead atoms. The molecule has 0 unspecified atom stereocenters. The number of methoxy groups -OCH3 is 1. The van der Waals surface area contributed by atoms with Crippen molar-refractivity contribution in [2.75, 3.05) is 32.2 Å². The lowest BCUT2D eigenvalue weighted by atomic mass is 10.1. The number of hydrogen-bond acceptors (Lipinski definition) is 12. The highest BCUT2D eigenvalue weighted by Gasteiger charge is 2.26. The maximum absolute atomic E-state index is 12.6. The van der Waals surface area contributed by atoms with Crippen LogP contribution < -0.4 is 5.32 Å². The van der Waals surface area contributed by atoms with Crippen LogP contribution in [0, 0.1) is 28.4 Å². The number of ether oxygens (including phenoxy) is 3. The first-order valence-corrected chi connectivity index (χ1v) is 12.5. The summed E-state index contributed by atoms with van der Waals surface area (Å²) < 4.78 is 15.2. The maximum Gasteiger partial charge on any atom is 0.348 e. The van der Waals surface area contributed by atoms with Gasteiger partial charge in [-0.1, -0.05) is 12.1 Å². The zero-order valence-electron chi connectivity index (χ0n) is 20.1. The number of rotatable bonds is 11. The minimum absolute atomic E-state index is 0.0552. The van der Waals surface area contributed by atoms with Crippen molar-refractivity contribution in [2.45, 2.75) is 13.8 Å². The SMILES string of the molecule is CCOC(=O)c1c(N/C=C(/C#N)c2nc(-c3cccc([N+](=O)[O-])c3)cs2)sc(C(=O)OCCOC)c1C. The number of carbonyl (C=O) groups is 2. The highest BCUT2D eigenvalue weighted by molar-refractivity contribution is 7.18. The fraction of sp³-hybridized carbons (Fsp3) is 0.250. The molecule has 0 radical (unpaired) electrons. The molecular formula is C24H22N4O7S2. The third-order valence-electron chi connectivity index (χ3n) is 4.89. The van der Waals surface area contributed by atoms with E-state index < -0.39 is 16.9 Å². The number of allylic oxidation sites excluding steroid dienone is 1. The third-order valence-corrected chi connectivity index (χ3v) is 6.97. The average molecular weight is 543 g/mol. The standard InChI is InChI=1S/C24H22N4O7S2/c1-4-34-23(29)19-14(2)20(24(30)35-9-8-33-3)37-22(19)26-12-16(11-25)21-27-18(13-36-21)15-6-5-7-17(10-15)28(31)32/h5-7,10,12-13,26H,4,8-9H2,1-3H3/b16-12-. The summed E-state index contributed by atoms with van der Waals surface area (Å²) >= 11 is 2.18. The Balaban J connectivity index is 1.91. The van der Waals surface area contributed by atoms with E-state index in [1.54, 1.807) is 31.4 Å². The van der Waals surface area contributed by atoms with Crippen LogP contribution >= 0.6 is 22.7 Å². The lowest BCUT2D eigenvalue weighted by Crippen LogP contribution is -2.11. The van der Waals surface area contributed by atoms with Gasteiger partial charge in [0.25, 0.3) is 5.69 Å². The molecule has 0 amide bonds. The number of nitriles is 1. The van der Waals surface area contributed by atoms with E-state index in [1.165, 1.54) is 36.8 Å². The van der Waals surface area contributed by atoms with E-state index in [9.17, 15) is 25.0 Å². The summed E-state index contributed by atoms with van der Waals surface area (Å²) in [7, 11) is 1.49. The van der Waals surface area contributed by atoms with Gasteiger partial charge in [0.2, 0.25) is 0 Å². The number of aromatic nitrogens is 1. The molecule has 0 spiro atoms.